The summed E-state index contributed by atoms with van der Waals surface area (Å²) in [5.41, 5.74) is 2.77. The molecule has 0 unspecified atom stereocenters. The Morgan fingerprint density at radius 1 is 0.909 bits per heavy atom. The largest absolute Gasteiger partial charge is 0.368 e. The maximum absolute atomic E-state index is 13.1. The van der Waals surface area contributed by atoms with Crippen molar-refractivity contribution in [2.45, 2.75) is 24.2 Å². The highest BCUT2D eigenvalue weighted by molar-refractivity contribution is 7.89. The van der Waals surface area contributed by atoms with Gasteiger partial charge in [-0.25, -0.2) is 8.42 Å². The van der Waals surface area contributed by atoms with E-state index in [2.05, 4.69) is 9.88 Å². The smallest absolute Gasteiger partial charge is 0.243 e. The molecule has 1 aromatic heterocycles. The average Bonchev–Trinajstić information content (AvgIpc) is 2.84. The van der Waals surface area contributed by atoms with Gasteiger partial charge in [-0.1, -0.05) is 41.9 Å². The summed E-state index contributed by atoms with van der Waals surface area (Å²) in [6, 6.07) is 18.1. The zero-order valence-electron chi connectivity index (χ0n) is 18.2. The Balaban J connectivity index is 1.33. The molecule has 0 radical (unpaired) electrons. The second kappa shape index (κ2) is 10.5. The molecule has 0 atom stereocenters. The van der Waals surface area contributed by atoms with Crippen LogP contribution < -0.4 is 4.90 Å². The van der Waals surface area contributed by atoms with Gasteiger partial charge in [0.1, 0.15) is 5.78 Å². The molecule has 6 nitrogen and oxygen atoms in total. The van der Waals surface area contributed by atoms with Crippen molar-refractivity contribution in [3.8, 4) is 0 Å². The minimum Gasteiger partial charge on any atom is -0.368 e. The fraction of sp³-hybridized carbons (Fsp3) is 0.280. The lowest BCUT2D eigenvalue weighted by Crippen LogP contribution is -2.48. The first-order chi connectivity index (χ1) is 15.9. The summed E-state index contributed by atoms with van der Waals surface area (Å²) in [4.78, 5) is 18.7. The molecule has 1 aliphatic heterocycles. The standard InChI is InChI=1S/C25H26ClN3O3S/c26-24-5-1-2-6-25(24)28-14-16-29(17-15-28)33(31,32)23-11-8-20(9-12-23)18-22(30)10-7-21-4-3-13-27-19-21/h1-6,8-9,11-13,19H,7,10,14-18H2. The van der Waals surface area contributed by atoms with Crippen LogP contribution in [0.4, 0.5) is 5.69 Å². The third kappa shape index (κ3) is 5.79. The number of carbonyl (C=O) groups excluding carboxylic acids is 1. The topological polar surface area (TPSA) is 70.6 Å². The van der Waals surface area contributed by atoms with Gasteiger partial charge in [-0.15, -0.1) is 0 Å². The van der Waals surface area contributed by atoms with Gasteiger partial charge in [-0.05, 0) is 47.9 Å². The summed E-state index contributed by atoms with van der Waals surface area (Å²) >= 11 is 6.28. The Bertz CT molecular complexity index is 1190. The van der Waals surface area contributed by atoms with E-state index in [1.807, 2.05) is 36.4 Å². The van der Waals surface area contributed by atoms with Crippen molar-refractivity contribution < 1.29 is 13.2 Å². The van der Waals surface area contributed by atoms with Crippen LogP contribution in [-0.4, -0.2) is 49.7 Å². The Morgan fingerprint density at radius 2 is 1.64 bits per heavy atom. The molecule has 2 aromatic carbocycles. The van der Waals surface area contributed by atoms with Crippen molar-refractivity contribution >= 4 is 33.1 Å². The first kappa shape index (κ1) is 23.4. The SMILES string of the molecule is O=C(CCc1cccnc1)Cc1ccc(S(=O)(=O)N2CCN(c3ccccc3Cl)CC2)cc1. The van der Waals surface area contributed by atoms with E-state index >= 15 is 0 Å². The van der Waals surface area contributed by atoms with Gasteiger partial charge in [0.15, 0.2) is 0 Å². The van der Waals surface area contributed by atoms with Crippen molar-refractivity contribution in [2.24, 2.45) is 0 Å². The summed E-state index contributed by atoms with van der Waals surface area (Å²) in [5.74, 6) is 0.116. The number of aromatic nitrogens is 1. The number of rotatable bonds is 8. The summed E-state index contributed by atoms with van der Waals surface area (Å²) in [6.07, 6.45) is 4.85. The zero-order valence-corrected chi connectivity index (χ0v) is 19.8. The lowest BCUT2D eigenvalue weighted by Gasteiger charge is -2.35. The lowest BCUT2D eigenvalue weighted by atomic mass is 10.0. The number of aryl methyl sites for hydroxylation is 1. The maximum atomic E-state index is 13.1. The molecular weight excluding hydrogens is 458 g/mol. The Hall–Kier alpha value is -2.74. The molecule has 4 rings (SSSR count). The van der Waals surface area contributed by atoms with Crippen LogP contribution in [0.15, 0.2) is 78.0 Å². The monoisotopic (exact) mass is 483 g/mol. The molecule has 0 aliphatic carbocycles. The second-order valence-electron chi connectivity index (χ2n) is 8.06. The number of sulfonamides is 1. The predicted octanol–water partition coefficient (Wildman–Crippen LogP) is 3.99. The summed E-state index contributed by atoms with van der Waals surface area (Å²) in [5, 5.41) is 0.666. The molecule has 172 valence electrons. The van der Waals surface area contributed by atoms with E-state index in [9.17, 15) is 13.2 Å². The molecule has 33 heavy (non-hydrogen) atoms. The van der Waals surface area contributed by atoms with Crippen LogP contribution in [0.1, 0.15) is 17.5 Å². The van der Waals surface area contributed by atoms with Crippen LogP contribution in [0.25, 0.3) is 0 Å². The van der Waals surface area contributed by atoms with Gasteiger partial charge < -0.3 is 4.90 Å². The van der Waals surface area contributed by atoms with E-state index in [4.69, 9.17) is 11.6 Å². The fourth-order valence-corrected chi connectivity index (χ4v) is 5.63. The quantitative estimate of drug-likeness (QED) is 0.484. The molecule has 2 heterocycles. The Kier molecular flexibility index (Phi) is 7.42. The van der Waals surface area contributed by atoms with E-state index in [-0.39, 0.29) is 17.1 Å². The molecule has 8 heteroatoms. The third-order valence-electron chi connectivity index (χ3n) is 5.81. The molecule has 0 saturated carbocycles. The van der Waals surface area contributed by atoms with E-state index in [0.717, 1.165) is 16.8 Å². The highest BCUT2D eigenvalue weighted by Crippen LogP contribution is 2.27. The van der Waals surface area contributed by atoms with E-state index < -0.39 is 10.0 Å². The van der Waals surface area contributed by atoms with Crippen molar-refractivity contribution in [2.75, 3.05) is 31.1 Å². The van der Waals surface area contributed by atoms with Crippen LogP contribution in [0.3, 0.4) is 0 Å². The summed E-state index contributed by atoms with van der Waals surface area (Å²) in [6.45, 7) is 1.93. The number of hydrogen-bond acceptors (Lipinski definition) is 5. The van der Waals surface area contributed by atoms with Crippen molar-refractivity contribution in [3.63, 3.8) is 0 Å². The van der Waals surface area contributed by atoms with Gasteiger partial charge in [0, 0.05) is 51.4 Å². The van der Waals surface area contributed by atoms with Crippen molar-refractivity contribution in [1.29, 1.82) is 0 Å². The first-order valence-electron chi connectivity index (χ1n) is 10.9. The molecule has 1 aliphatic rings. The minimum atomic E-state index is -3.59. The number of para-hydroxylation sites is 1. The van der Waals surface area contributed by atoms with Gasteiger partial charge >= 0.3 is 0 Å². The number of nitrogens with zero attached hydrogens (tertiary/aromatic N) is 3. The molecule has 1 saturated heterocycles. The molecule has 0 bridgehead atoms. The molecular formula is C25H26ClN3O3S. The predicted molar refractivity (Wildman–Crippen MR) is 130 cm³/mol. The van der Waals surface area contributed by atoms with E-state index in [1.54, 1.807) is 36.7 Å². The fourth-order valence-electron chi connectivity index (χ4n) is 3.95. The number of anilines is 1. The van der Waals surface area contributed by atoms with Gasteiger partial charge in [-0.2, -0.15) is 4.31 Å². The van der Waals surface area contributed by atoms with Crippen LogP contribution in [0.5, 0.6) is 0 Å². The summed E-state index contributed by atoms with van der Waals surface area (Å²) < 4.78 is 27.7. The third-order valence-corrected chi connectivity index (χ3v) is 8.04. The molecule has 0 N–H and O–H groups in total. The van der Waals surface area contributed by atoms with Gasteiger partial charge in [-0.3, -0.25) is 9.78 Å². The lowest BCUT2D eigenvalue weighted by molar-refractivity contribution is -0.118. The molecule has 0 amide bonds. The van der Waals surface area contributed by atoms with Gasteiger partial charge in [0.25, 0.3) is 0 Å². The molecule has 1 fully saturated rings. The minimum absolute atomic E-state index is 0.116. The number of piperazine rings is 1. The Labute approximate surface area is 199 Å². The highest BCUT2D eigenvalue weighted by atomic mass is 35.5. The second-order valence-corrected chi connectivity index (χ2v) is 10.4. The molecule has 0 spiro atoms. The normalized spacial score (nSPS) is 14.9. The number of Topliss-reactive ketones (excluding diaryl/α,β-unsaturated/α-hetero) is 1. The first-order valence-corrected chi connectivity index (χ1v) is 12.7. The number of pyridine rings is 1. The molecule has 3 aromatic rings. The van der Waals surface area contributed by atoms with E-state index in [1.165, 1.54) is 4.31 Å². The number of halogens is 1. The van der Waals surface area contributed by atoms with Gasteiger partial charge in [0.05, 0.1) is 15.6 Å². The number of benzene rings is 2. The average molecular weight is 484 g/mol. The van der Waals surface area contributed by atoms with Crippen LogP contribution in [0, 0.1) is 0 Å². The zero-order chi connectivity index (χ0) is 23.3. The van der Waals surface area contributed by atoms with Crippen LogP contribution in [-0.2, 0) is 27.7 Å². The number of ketones is 1. The summed E-state index contributed by atoms with van der Waals surface area (Å²) in [7, 11) is -3.59. The van der Waals surface area contributed by atoms with Crippen LogP contribution in [0.2, 0.25) is 5.02 Å². The maximum Gasteiger partial charge on any atom is 0.243 e. The number of hydrogen-bond donors (Lipinski definition) is 0. The Morgan fingerprint density at radius 3 is 2.30 bits per heavy atom. The van der Waals surface area contributed by atoms with Gasteiger partial charge in [0.2, 0.25) is 10.0 Å². The van der Waals surface area contributed by atoms with Crippen LogP contribution >= 0.6 is 11.6 Å². The van der Waals surface area contributed by atoms with E-state index in [0.29, 0.717) is 44.0 Å². The van der Waals surface area contributed by atoms with Crippen molar-refractivity contribution in [1.82, 2.24) is 9.29 Å². The number of carbonyl (C=O) groups is 1. The van der Waals surface area contributed by atoms with Crippen molar-refractivity contribution in [3.05, 3.63) is 89.2 Å². The highest BCUT2D eigenvalue weighted by Gasteiger charge is 2.29.